The maximum absolute atomic E-state index is 6.38. The predicted octanol–water partition coefficient (Wildman–Crippen LogP) is 3.55. The molecule has 0 saturated carbocycles. The summed E-state index contributed by atoms with van der Waals surface area (Å²) in [6, 6.07) is 8.36. The minimum absolute atomic E-state index is 0.150. The molecule has 0 saturated heterocycles. The Hall–Kier alpha value is -0.860. The van der Waals surface area contributed by atoms with Crippen LogP contribution in [0.15, 0.2) is 53.0 Å². The molecule has 0 fully saturated rings. The summed E-state index contributed by atoms with van der Waals surface area (Å²) in [6.45, 7) is 4.24. The zero-order chi connectivity index (χ0) is 11.8. The Morgan fingerprint density at radius 2 is 1.56 bits per heavy atom. The second-order valence-electron chi connectivity index (χ2n) is 4.71. The van der Waals surface area contributed by atoms with E-state index in [4.69, 9.17) is 5.73 Å². The van der Waals surface area contributed by atoms with Crippen molar-refractivity contribution in [3.05, 3.63) is 58.6 Å². The zero-order valence-corrected chi connectivity index (χ0v) is 11.2. The van der Waals surface area contributed by atoms with Gasteiger partial charge in [0.25, 0.3) is 0 Å². The van der Waals surface area contributed by atoms with E-state index in [1.807, 2.05) is 6.08 Å². The molecule has 2 N–H and O–H groups in total. The Balaban J connectivity index is 2.49. The van der Waals surface area contributed by atoms with E-state index >= 15 is 0 Å². The standard InChI is InChI=1S/C14H16BrN/c1-13(9-3-4-10-14(13,2)16)11-5-7-12(15)8-6-11/h3-10H,16H2,1-2H3. The molecule has 2 rings (SSSR count). The molecule has 2 heteroatoms. The third kappa shape index (κ3) is 1.76. The molecule has 1 aromatic carbocycles. The highest BCUT2D eigenvalue weighted by atomic mass is 79.9. The summed E-state index contributed by atoms with van der Waals surface area (Å²) in [5.41, 5.74) is 7.11. The van der Waals surface area contributed by atoms with Crippen LogP contribution in [0.1, 0.15) is 19.4 Å². The van der Waals surface area contributed by atoms with Crippen molar-refractivity contribution in [2.24, 2.45) is 5.73 Å². The molecular formula is C14H16BrN. The van der Waals surface area contributed by atoms with Crippen LogP contribution >= 0.6 is 15.9 Å². The molecule has 2 unspecified atom stereocenters. The highest BCUT2D eigenvalue weighted by Gasteiger charge is 2.40. The summed E-state index contributed by atoms with van der Waals surface area (Å²) in [5, 5.41) is 0. The SMILES string of the molecule is CC1(N)C=CC=CC1(C)c1ccc(Br)cc1. The van der Waals surface area contributed by atoms with Gasteiger partial charge in [0.05, 0.1) is 0 Å². The van der Waals surface area contributed by atoms with E-state index in [-0.39, 0.29) is 11.0 Å². The Morgan fingerprint density at radius 3 is 2.12 bits per heavy atom. The number of hydrogen-bond donors (Lipinski definition) is 1. The first-order chi connectivity index (χ1) is 7.46. The van der Waals surface area contributed by atoms with Gasteiger partial charge in [0.15, 0.2) is 0 Å². The van der Waals surface area contributed by atoms with Gasteiger partial charge in [0.2, 0.25) is 0 Å². The Kier molecular flexibility index (Phi) is 2.81. The maximum Gasteiger partial charge on any atom is 0.0444 e. The van der Waals surface area contributed by atoms with Crippen LogP contribution in [-0.4, -0.2) is 5.54 Å². The molecule has 0 bridgehead atoms. The van der Waals surface area contributed by atoms with Crippen molar-refractivity contribution in [2.45, 2.75) is 24.8 Å². The summed E-state index contributed by atoms with van der Waals surface area (Å²) in [6.07, 6.45) is 8.32. The van der Waals surface area contributed by atoms with Gasteiger partial charge in [-0.05, 0) is 31.5 Å². The van der Waals surface area contributed by atoms with Crippen LogP contribution in [0, 0.1) is 0 Å². The van der Waals surface area contributed by atoms with E-state index in [9.17, 15) is 0 Å². The van der Waals surface area contributed by atoms with Crippen molar-refractivity contribution < 1.29 is 0 Å². The van der Waals surface area contributed by atoms with Crippen molar-refractivity contribution in [1.82, 2.24) is 0 Å². The molecule has 0 aromatic heterocycles. The van der Waals surface area contributed by atoms with Crippen molar-refractivity contribution in [2.75, 3.05) is 0 Å². The summed E-state index contributed by atoms with van der Waals surface area (Å²) >= 11 is 3.45. The molecule has 1 aliphatic carbocycles. The molecule has 1 aliphatic rings. The van der Waals surface area contributed by atoms with Crippen molar-refractivity contribution >= 4 is 15.9 Å². The molecule has 0 aliphatic heterocycles. The molecule has 16 heavy (non-hydrogen) atoms. The van der Waals surface area contributed by atoms with E-state index in [0.717, 1.165) is 4.47 Å². The van der Waals surface area contributed by atoms with Crippen LogP contribution in [0.2, 0.25) is 0 Å². The lowest BCUT2D eigenvalue weighted by atomic mass is 9.66. The lowest BCUT2D eigenvalue weighted by Crippen LogP contribution is -2.52. The minimum Gasteiger partial charge on any atom is -0.321 e. The number of benzene rings is 1. The summed E-state index contributed by atoms with van der Waals surface area (Å²) < 4.78 is 1.09. The summed E-state index contributed by atoms with van der Waals surface area (Å²) in [4.78, 5) is 0. The second-order valence-corrected chi connectivity index (χ2v) is 5.63. The number of hydrogen-bond acceptors (Lipinski definition) is 1. The summed E-state index contributed by atoms with van der Waals surface area (Å²) in [7, 11) is 0. The number of allylic oxidation sites excluding steroid dienone is 2. The first-order valence-electron chi connectivity index (χ1n) is 5.38. The quantitative estimate of drug-likeness (QED) is 0.835. The molecule has 2 atom stereocenters. The highest BCUT2D eigenvalue weighted by molar-refractivity contribution is 9.10. The molecule has 0 amide bonds. The van der Waals surface area contributed by atoms with Gasteiger partial charge >= 0.3 is 0 Å². The van der Waals surface area contributed by atoms with Gasteiger partial charge in [-0.1, -0.05) is 52.4 Å². The van der Waals surface area contributed by atoms with E-state index < -0.39 is 0 Å². The van der Waals surface area contributed by atoms with Gasteiger partial charge in [0.1, 0.15) is 0 Å². The molecular weight excluding hydrogens is 262 g/mol. The molecule has 0 heterocycles. The maximum atomic E-state index is 6.38. The Morgan fingerprint density at radius 1 is 1.00 bits per heavy atom. The van der Waals surface area contributed by atoms with Crippen LogP contribution in [0.4, 0.5) is 0 Å². The molecule has 1 nitrogen and oxygen atoms in total. The smallest absolute Gasteiger partial charge is 0.0444 e. The fourth-order valence-corrected chi connectivity index (χ4v) is 2.32. The van der Waals surface area contributed by atoms with Gasteiger partial charge in [0, 0.05) is 15.4 Å². The predicted molar refractivity (Wildman–Crippen MR) is 72.4 cm³/mol. The van der Waals surface area contributed by atoms with Crippen LogP contribution in [0.25, 0.3) is 0 Å². The second kappa shape index (κ2) is 3.86. The minimum atomic E-state index is -0.352. The number of nitrogens with two attached hydrogens (primary N) is 1. The Bertz CT molecular complexity index is 442. The van der Waals surface area contributed by atoms with Crippen LogP contribution in [-0.2, 0) is 5.41 Å². The van der Waals surface area contributed by atoms with Crippen LogP contribution in [0.3, 0.4) is 0 Å². The summed E-state index contributed by atoms with van der Waals surface area (Å²) in [5.74, 6) is 0. The average Bonchev–Trinajstić information content (AvgIpc) is 2.23. The van der Waals surface area contributed by atoms with E-state index in [1.54, 1.807) is 0 Å². The fraction of sp³-hybridized carbons (Fsp3) is 0.286. The highest BCUT2D eigenvalue weighted by Crippen LogP contribution is 2.38. The first kappa shape index (κ1) is 11.6. The molecule has 1 aromatic rings. The fourth-order valence-electron chi connectivity index (χ4n) is 2.06. The lowest BCUT2D eigenvalue weighted by Gasteiger charge is -2.42. The topological polar surface area (TPSA) is 26.0 Å². The van der Waals surface area contributed by atoms with Gasteiger partial charge < -0.3 is 5.73 Å². The van der Waals surface area contributed by atoms with Gasteiger partial charge in [-0.15, -0.1) is 0 Å². The molecule has 84 valence electrons. The zero-order valence-electron chi connectivity index (χ0n) is 9.57. The number of halogens is 1. The lowest BCUT2D eigenvalue weighted by molar-refractivity contribution is 0.383. The Labute approximate surface area is 105 Å². The monoisotopic (exact) mass is 277 g/mol. The van der Waals surface area contributed by atoms with Gasteiger partial charge in [-0.3, -0.25) is 0 Å². The van der Waals surface area contributed by atoms with Crippen LogP contribution < -0.4 is 5.73 Å². The van der Waals surface area contributed by atoms with Gasteiger partial charge in [-0.25, -0.2) is 0 Å². The van der Waals surface area contributed by atoms with E-state index in [2.05, 4.69) is 72.3 Å². The third-order valence-electron chi connectivity index (χ3n) is 3.55. The van der Waals surface area contributed by atoms with Crippen molar-refractivity contribution in [3.8, 4) is 0 Å². The van der Waals surface area contributed by atoms with Crippen LogP contribution in [0.5, 0.6) is 0 Å². The van der Waals surface area contributed by atoms with Crippen molar-refractivity contribution in [1.29, 1.82) is 0 Å². The normalized spacial score (nSPS) is 33.0. The van der Waals surface area contributed by atoms with Crippen molar-refractivity contribution in [3.63, 3.8) is 0 Å². The van der Waals surface area contributed by atoms with E-state index in [1.165, 1.54) is 5.56 Å². The molecule has 0 radical (unpaired) electrons. The van der Waals surface area contributed by atoms with Gasteiger partial charge in [-0.2, -0.15) is 0 Å². The van der Waals surface area contributed by atoms with E-state index in [0.29, 0.717) is 0 Å². The third-order valence-corrected chi connectivity index (χ3v) is 4.07. The average molecular weight is 278 g/mol. The largest absolute Gasteiger partial charge is 0.321 e. The number of rotatable bonds is 1. The first-order valence-corrected chi connectivity index (χ1v) is 6.17. The molecule has 0 spiro atoms.